The molecule has 0 fully saturated rings. The van der Waals surface area contributed by atoms with Crippen molar-refractivity contribution in [2.24, 2.45) is 0 Å². The standard InChI is InChI=1S/C11H10BrNO3/c1-2-15-11(14)6-10-13-8-4-3-7(12)5-9(8)16-10/h3-5H,2,6H2,1H3. The fourth-order valence-corrected chi connectivity index (χ4v) is 1.70. The van der Waals surface area contributed by atoms with Crippen molar-refractivity contribution in [1.29, 1.82) is 0 Å². The number of hydrogen-bond acceptors (Lipinski definition) is 4. The van der Waals surface area contributed by atoms with Gasteiger partial charge in [-0.1, -0.05) is 15.9 Å². The molecule has 5 heteroatoms. The Morgan fingerprint density at radius 1 is 1.56 bits per heavy atom. The van der Waals surface area contributed by atoms with Crippen molar-refractivity contribution < 1.29 is 13.9 Å². The second-order valence-electron chi connectivity index (χ2n) is 3.20. The molecule has 84 valence electrons. The summed E-state index contributed by atoms with van der Waals surface area (Å²) >= 11 is 3.34. The maximum absolute atomic E-state index is 11.2. The van der Waals surface area contributed by atoms with Crippen molar-refractivity contribution in [2.45, 2.75) is 13.3 Å². The molecule has 0 aliphatic carbocycles. The van der Waals surface area contributed by atoms with Gasteiger partial charge in [-0.05, 0) is 25.1 Å². The topological polar surface area (TPSA) is 52.3 Å². The maximum Gasteiger partial charge on any atom is 0.315 e. The van der Waals surface area contributed by atoms with E-state index >= 15 is 0 Å². The van der Waals surface area contributed by atoms with Gasteiger partial charge in [-0.15, -0.1) is 0 Å². The summed E-state index contributed by atoms with van der Waals surface area (Å²) in [6.45, 7) is 2.13. The Morgan fingerprint density at radius 2 is 2.38 bits per heavy atom. The lowest BCUT2D eigenvalue weighted by Crippen LogP contribution is -2.07. The maximum atomic E-state index is 11.2. The number of nitrogens with zero attached hydrogens (tertiary/aromatic N) is 1. The van der Waals surface area contributed by atoms with Crippen LogP contribution in [0.15, 0.2) is 27.1 Å². The summed E-state index contributed by atoms with van der Waals surface area (Å²) in [7, 11) is 0. The van der Waals surface area contributed by atoms with Crippen LogP contribution in [-0.2, 0) is 16.0 Å². The summed E-state index contributed by atoms with van der Waals surface area (Å²) in [4.78, 5) is 15.4. The number of aromatic nitrogens is 1. The number of esters is 1. The lowest BCUT2D eigenvalue weighted by molar-refractivity contribution is -0.142. The third-order valence-electron chi connectivity index (χ3n) is 2.00. The van der Waals surface area contributed by atoms with Gasteiger partial charge in [0, 0.05) is 4.47 Å². The van der Waals surface area contributed by atoms with E-state index in [-0.39, 0.29) is 12.4 Å². The highest BCUT2D eigenvalue weighted by molar-refractivity contribution is 9.10. The van der Waals surface area contributed by atoms with Gasteiger partial charge >= 0.3 is 5.97 Å². The molecule has 0 aliphatic rings. The van der Waals surface area contributed by atoms with Gasteiger partial charge in [0.25, 0.3) is 0 Å². The van der Waals surface area contributed by atoms with Gasteiger partial charge in [0.2, 0.25) is 5.89 Å². The highest BCUT2D eigenvalue weighted by atomic mass is 79.9. The zero-order chi connectivity index (χ0) is 11.5. The van der Waals surface area contributed by atoms with E-state index in [0.717, 1.165) is 9.99 Å². The Hall–Kier alpha value is -1.36. The molecule has 4 nitrogen and oxygen atoms in total. The zero-order valence-corrected chi connectivity index (χ0v) is 10.3. The van der Waals surface area contributed by atoms with E-state index in [1.54, 1.807) is 6.92 Å². The van der Waals surface area contributed by atoms with Crippen LogP contribution in [0.1, 0.15) is 12.8 Å². The normalized spacial score (nSPS) is 10.6. The molecule has 2 aromatic rings. The predicted octanol–water partition coefficient (Wildman–Crippen LogP) is 2.70. The fraction of sp³-hybridized carbons (Fsp3) is 0.273. The van der Waals surface area contributed by atoms with Gasteiger partial charge in [0.05, 0.1) is 6.61 Å². The van der Waals surface area contributed by atoms with Gasteiger partial charge in [0.1, 0.15) is 11.9 Å². The minimum atomic E-state index is -0.326. The number of carbonyl (C=O) groups is 1. The van der Waals surface area contributed by atoms with Crippen LogP contribution in [0.5, 0.6) is 0 Å². The molecule has 1 aromatic carbocycles. The summed E-state index contributed by atoms with van der Waals surface area (Å²) in [5.74, 6) is 0.0553. The van der Waals surface area contributed by atoms with Crippen molar-refractivity contribution in [3.05, 3.63) is 28.6 Å². The van der Waals surface area contributed by atoms with E-state index in [4.69, 9.17) is 9.15 Å². The van der Waals surface area contributed by atoms with Crippen LogP contribution in [0.3, 0.4) is 0 Å². The SMILES string of the molecule is CCOC(=O)Cc1nc2ccc(Br)cc2o1. The molecule has 1 heterocycles. The van der Waals surface area contributed by atoms with Gasteiger partial charge in [-0.25, -0.2) is 4.98 Å². The number of ether oxygens (including phenoxy) is 1. The van der Waals surface area contributed by atoms with Gasteiger partial charge in [0.15, 0.2) is 5.58 Å². The highest BCUT2D eigenvalue weighted by Gasteiger charge is 2.11. The van der Waals surface area contributed by atoms with Crippen molar-refractivity contribution in [1.82, 2.24) is 4.98 Å². The Labute approximate surface area is 101 Å². The molecule has 0 N–H and O–H groups in total. The van der Waals surface area contributed by atoms with Crippen molar-refractivity contribution >= 4 is 33.0 Å². The minimum Gasteiger partial charge on any atom is -0.466 e. The Morgan fingerprint density at radius 3 is 3.12 bits per heavy atom. The van der Waals surface area contributed by atoms with E-state index in [9.17, 15) is 4.79 Å². The van der Waals surface area contributed by atoms with Crippen LogP contribution in [0.2, 0.25) is 0 Å². The van der Waals surface area contributed by atoms with E-state index < -0.39 is 0 Å². The number of fused-ring (bicyclic) bond motifs is 1. The molecule has 2 rings (SSSR count). The average molecular weight is 284 g/mol. The number of oxazole rings is 1. The quantitative estimate of drug-likeness (QED) is 0.813. The van der Waals surface area contributed by atoms with Crippen LogP contribution in [0.25, 0.3) is 11.1 Å². The summed E-state index contributed by atoms with van der Waals surface area (Å²) < 4.78 is 11.2. The van der Waals surface area contributed by atoms with Crippen LogP contribution in [0, 0.1) is 0 Å². The first-order valence-electron chi connectivity index (χ1n) is 4.89. The predicted molar refractivity (Wildman–Crippen MR) is 62.0 cm³/mol. The molecule has 0 unspecified atom stereocenters. The Bertz CT molecular complexity index is 521. The number of benzene rings is 1. The largest absolute Gasteiger partial charge is 0.466 e. The third-order valence-corrected chi connectivity index (χ3v) is 2.49. The third kappa shape index (κ3) is 2.41. The molecule has 0 spiro atoms. The molecule has 1 aromatic heterocycles. The summed E-state index contributed by atoms with van der Waals surface area (Å²) in [6.07, 6.45) is 0.0696. The number of carbonyl (C=O) groups excluding carboxylic acids is 1. The molecule has 0 amide bonds. The molecular formula is C11H10BrNO3. The number of rotatable bonds is 3. The minimum absolute atomic E-state index is 0.0696. The zero-order valence-electron chi connectivity index (χ0n) is 8.70. The number of halogens is 1. The van der Waals surface area contributed by atoms with E-state index in [1.165, 1.54) is 0 Å². The Balaban J connectivity index is 2.23. The molecule has 16 heavy (non-hydrogen) atoms. The lowest BCUT2D eigenvalue weighted by Gasteiger charge is -1.96. The number of hydrogen-bond donors (Lipinski definition) is 0. The molecular weight excluding hydrogens is 274 g/mol. The Kier molecular flexibility index (Phi) is 3.24. The second-order valence-corrected chi connectivity index (χ2v) is 4.12. The highest BCUT2D eigenvalue weighted by Crippen LogP contribution is 2.20. The van der Waals surface area contributed by atoms with Gasteiger partial charge in [-0.3, -0.25) is 4.79 Å². The molecule has 0 saturated carbocycles. The van der Waals surface area contributed by atoms with Crippen LogP contribution >= 0.6 is 15.9 Å². The molecule has 0 radical (unpaired) electrons. The molecule has 0 saturated heterocycles. The molecule has 0 aliphatic heterocycles. The summed E-state index contributed by atoms with van der Waals surface area (Å²) in [6, 6.07) is 5.52. The van der Waals surface area contributed by atoms with Crippen LogP contribution in [0.4, 0.5) is 0 Å². The van der Waals surface area contributed by atoms with Crippen molar-refractivity contribution in [3.8, 4) is 0 Å². The first kappa shape index (κ1) is 11.1. The monoisotopic (exact) mass is 283 g/mol. The van der Waals surface area contributed by atoms with E-state index in [2.05, 4.69) is 20.9 Å². The average Bonchev–Trinajstić information content (AvgIpc) is 2.59. The first-order chi connectivity index (χ1) is 7.69. The molecule has 0 bridgehead atoms. The second kappa shape index (κ2) is 4.65. The van der Waals surface area contributed by atoms with Crippen LogP contribution < -0.4 is 0 Å². The van der Waals surface area contributed by atoms with Gasteiger partial charge < -0.3 is 9.15 Å². The first-order valence-corrected chi connectivity index (χ1v) is 5.69. The van der Waals surface area contributed by atoms with E-state index in [0.29, 0.717) is 18.1 Å². The fourth-order valence-electron chi connectivity index (χ4n) is 1.36. The van der Waals surface area contributed by atoms with Crippen molar-refractivity contribution in [2.75, 3.05) is 6.61 Å². The smallest absolute Gasteiger partial charge is 0.315 e. The van der Waals surface area contributed by atoms with Crippen LogP contribution in [-0.4, -0.2) is 17.6 Å². The molecule has 0 atom stereocenters. The van der Waals surface area contributed by atoms with Gasteiger partial charge in [-0.2, -0.15) is 0 Å². The van der Waals surface area contributed by atoms with Crippen molar-refractivity contribution in [3.63, 3.8) is 0 Å². The lowest BCUT2D eigenvalue weighted by atomic mass is 10.3. The summed E-state index contributed by atoms with van der Waals surface area (Å²) in [5.41, 5.74) is 1.40. The van der Waals surface area contributed by atoms with E-state index in [1.807, 2.05) is 18.2 Å². The summed E-state index contributed by atoms with van der Waals surface area (Å²) in [5, 5.41) is 0.